The number of fused-ring (bicyclic) bond motifs is 1. The van der Waals surface area contributed by atoms with E-state index in [4.69, 9.17) is 20.3 Å². The first kappa shape index (κ1) is 13.1. The summed E-state index contributed by atoms with van der Waals surface area (Å²) in [5.41, 5.74) is 6.00. The molecule has 0 amide bonds. The first-order chi connectivity index (χ1) is 8.50. The average Bonchev–Trinajstić information content (AvgIpc) is 2.79. The molecule has 0 aliphatic carbocycles. The highest BCUT2D eigenvalue weighted by atomic mass is 79.9. The Balaban J connectivity index is 2.28. The van der Waals surface area contributed by atoms with Crippen LogP contribution >= 0.6 is 15.9 Å². The van der Waals surface area contributed by atoms with Gasteiger partial charge < -0.3 is 20.3 Å². The molecule has 1 aromatic carbocycles. The summed E-state index contributed by atoms with van der Waals surface area (Å²) in [6.07, 6.45) is 0.0327. The zero-order valence-electron chi connectivity index (χ0n) is 9.28. The Bertz CT molecular complexity index is 494. The van der Waals surface area contributed by atoms with Gasteiger partial charge in [0.15, 0.2) is 11.5 Å². The number of carboxylic acid groups (broad SMARTS) is 1. The number of benzene rings is 1. The Labute approximate surface area is 111 Å². The molecule has 3 N–H and O–H groups in total. The van der Waals surface area contributed by atoms with Crippen LogP contribution < -0.4 is 15.2 Å². The standard InChI is InChI=1S/C11H11BrFNO4/c12-9-10(13)5(6(14)1-2-8(15)16)3-7-11(9)18-4-17-7/h3,6H,1-2,4,14H2,(H,15,16). The molecular weight excluding hydrogens is 309 g/mol. The molecule has 7 heteroatoms. The number of hydrogen-bond donors (Lipinski definition) is 2. The summed E-state index contributed by atoms with van der Waals surface area (Å²) < 4.78 is 24.4. The molecule has 0 spiro atoms. The lowest BCUT2D eigenvalue weighted by molar-refractivity contribution is -0.137. The molecule has 0 fully saturated rings. The third-order valence-corrected chi connectivity index (χ3v) is 3.35. The molecule has 18 heavy (non-hydrogen) atoms. The minimum atomic E-state index is -0.967. The van der Waals surface area contributed by atoms with Gasteiger partial charge in [-0.05, 0) is 28.4 Å². The lowest BCUT2D eigenvalue weighted by atomic mass is 10.0. The fourth-order valence-electron chi connectivity index (χ4n) is 1.70. The molecular formula is C11H11BrFNO4. The normalized spacial score (nSPS) is 14.6. The van der Waals surface area contributed by atoms with Crippen LogP contribution in [-0.2, 0) is 4.79 Å². The van der Waals surface area contributed by atoms with Gasteiger partial charge >= 0.3 is 5.97 Å². The van der Waals surface area contributed by atoms with E-state index in [0.29, 0.717) is 11.5 Å². The maximum Gasteiger partial charge on any atom is 0.303 e. The molecule has 5 nitrogen and oxygen atoms in total. The van der Waals surface area contributed by atoms with Gasteiger partial charge in [0.25, 0.3) is 0 Å². The minimum Gasteiger partial charge on any atom is -0.481 e. The van der Waals surface area contributed by atoms with Gasteiger partial charge in [0.05, 0.1) is 4.47 Å². The summed E-state index contributed by atoms with van der Waals surface area (Å²) >= 11 is 3.08. The largest absolute Gasteiger partial charge is 0.481 e. The number of nitrogens with two attached hydrogens (primary N) is 1. The number of carboxylic acids is 1. The molecule has 1 unspecified atom stereocenters. The van der Waals surface area contributed by atoms with E-state index in [0.717, 1.165) is 0 Å². The van der Waals surface area contributed by atoms with Gasteiger partial charge in [-0.1, -0.05) is 0 Å². The van der Waals surface area contributed by atoms with Crippen molar-refractivity contribution >= 4 is 21.9 Å². The van der Waals surface area contributed by atoms with Crippen molar-refractivity contribution < 1.29 is 23.8 Å². The van der Waals surface area contributed by atoms with Crippen LogP contribution in [0.5, 0.6) is 11.5 Å². The van der Waals surface area contributed by atoms with E-state index in [2.05, 4.69) is 15.9 Å². The average molecular weight is 320 g/mol. The fraction of sp³-hybridized carbons (Fsp3) is 0.364. The molecule has 0 bridgehead atoms. The summed E-state index contributed by atoms with van der Waals surface area (Å²) in [4.78, 5) is 10.5. The van der Waals surface area contributed by atoms with Gasteiger partial charge in [0, 0.05) is 18.0 Å². The quantitative estimate of drug-likeness (QED) is 0.889. The number of rotatable bonds is 4. The van der Waals surface area contributed by atoms with Crippen LogP contribution in [-0.4, -0.2) is 17.9 Å². The summed E-state index contributed by atoms with van der Waals surface area (Å²) in [5, 5.41) is 8.58. The van der Waals surface area contributed by atoms with Crippen LogP contribution in [0.1, 0.15) is 24.4 Å². The van der Waals surface area contributed by atoms with E-state index in [1.54, 1.807) is 0 Å². The van der Waals surface area contributed by atoms with Crippen LogP contribution in [0.4, 0.5) is 4.39 Å². The predicted octanol–water partition coefficient (Wildman–Crippen LogP) is 2.18. The highest BCUT2D eigenvalue weighted by Crippen LogP contribution is 2.43. The SMILES string of the molecule is NC(CCC(=O)O)c1cc2c(c(Br)c1F)OCO2. The fourth-order valence-corrected chi connectivity index (χ4v) is 2.24. The minimum absolute atomic E-state index is 0.0290. The second kappa shape index (κ2) is 5.11. The van der Waals surface area contributed by atoms with E-state index in [-0.39, 0.29) is 29.7 Å². The van der Waals surface area contributed by atoms with Crippen molar-refractivity contribution in [2.45, 2.75) is 18.9 Å². The van der Waals surface area contributed by atoms with E-state index >= 15 is 0 Å². The first-order valence-corrected chi connectivity index (χ1v) is 6.05. The van der Waals surface area contributed by atoms with E-state index < -0.39 is 17.8 Å². The Kier molecular flexibility index (Phi) is 3.72. The van der Waals surface area contributed by atoms with Gasteiger partial charge in [-0.25, -0.2) is 4.39 Å². The van der Waals surface area contributed by atoms with Crippen molar-refractivity contribution in [1.82, 2.24) is 0 Å². The molecule has 1 aliphatic rings. The molecule has 2 rings (SSSR count). The zero-order chi connectivity index (χ0) is 13.3. The number of carbonyl (C=O) groups is 1. The Hall–Kier alpha value is -1.34. The lowest BCUT2D eigenvalue weighted by Gasteiger charge is -2.14. The smallest absolute Gasteiger partial charge is 0.303 e. The second-order valence-corrected chi connectivity index (χ2v) is 4.66. The van der Waals surface area contributed by atoms with Crippen molar-refractivity contribution in [3.05, 3.63) is 21.9 Å². The number of aliphatic carboxylic acids is 1. The van der Waals surface area contributed by atoms with Gasteiger partial charge in [0.2, 0.25) is 6.79 Å². The van der Waals surface area contributed by atoms with Gasteiger partial charge in [0.1, 0.15) is 5.82 Å². The zero-order valence-corrected chi connectivity index (χ0v) is 10.9. The highest BCUT2D eigenvalue weighted by molar-refractivity contribution is 9.10. The van der Waals surface area contributed by atoms with Crippen LogP contribution in [0.2, 0.25) is 0 Å². The van der Waals surface area contributed by atoms with E-state index in [1.807, 2.05) is 0 Å². The maximum absolute atomic E-state index is 14.0. The van der Waals surface area contributed by atoms with E-state index in [1.165, 1.54) is 6.07 Å². The summed E-state index contributed by atoms with van der Waals surface area (Å²) in [6.45, 7) is 0.0290. The van der Waals surface area contributed by atoms with Crippen molar-refractivity contribution in [3.8, 4) is 11.5 Å². The number of halogens is 2. The second-order valence-electron chi connectivity index (χ2n) is 3.87. The highest BCUT2D eigenvalue weighted by Gasteiger charge is 2.25. The van der Waals surface area contributed by atoms with Crippen molar-refractivity contribution in [2.24, 2.45) is 5.73 Å². The molecule has 98 valence electrons. The van der Waals surface area contributed by atoms with Crippen molar-refractivity contribution in [3.63, 3.8) is 0 Å². The molecule has 1 aliphatic heterocycles. The third kappa shape index (κ3) is 2.41. The summed E-state index contributed by atoms with van der Waals surface area (Å²) in [5.74, 6) is -0.798. The summed E-state index contributed by atoms with van der Waals surface area (Å²) in [7, 11) is 0. The number of hydrogen-bond acceptors (Lipinski definition) is 4. The first-order valence-electron chi connectivity index (χ1n) is 5.25. The van der Waals surface area contributed by atoms with Crippen LogP contribution in [0, 0.1) is 5.82 Å². The topological polar surface area (TPSA) is 81.8 Å². The molecule has 0 saturated carbocycles. The van der Waals surface area contributed by atoms with Gasteiger partial charge in [-0.2, -0.15) is 0 Å². The van der Waals surface area contributed by atoms with Gasteiger partial charge in [-0.15, -0.1) is 0 Å². The lowest BCUT2D eigenvalue weighted by Crippen LogP contribution is -2.14. The Morgan fingerprint density at radius 1 is 1.61 bits per heavy atom. The summed E-state index contributed by atoms with van der Waals surface area (Å²) in [6, 6.07) is 0.751. The van der Waals surface area contributed by atoms with Gasteiger partial charge in [-0.3, -0.25) is 4.79 Å². The third-order valence-electron chi connectivity index (χ3n) is 2.64. The molecule has 0 radical (unpaired) electrons. The van der Waals surface area contributed by atoms with E-state index in [9.17, 15) is 9.18 Å². The van der Waals surface area contributed by atoms with Crippen molar-refractivity contribution in [1.29, 1.82) is 0 Å². The molecule has 1 aromatic rings. The van der Waals surface area contributed by atoms with Crippen LogP contribution in [0.15, 0.2) is 10.5 Å². The van der Waals surface area contributed by atoms with Crippen LogP contribution in [0.3, 0.4) is 0 Å². The van der Waals surface area contributed by atoms with Crippen LogP contribution in [0.25, 0.3) is 0 Å². The Morgan fingerprint density at radius 3 is 3.00 bits per heavy atom. The molecule has 0 saturated heterocycles. The molecule has 1 heterocycles. The predicted molar refractivity (Wildman–Crippen MR) is 64.0 cm³/mol. The Morgan fingerprint density at radius 2 is 2.33 bits per heavy atom. The molecule has 1 atom stereocenters. The molecule has 0 aromatic heterocycles. The van der Waals surface area contributed by atoms with Crippen molar-refractivity contribution in [2.75, 3.05) is 6.79 Å². The number of ether oxygens (including phenoxy) is 2. The monoisotopic (exact) mass is 319 g/mol. The maximum atomic E-state index is 14.0.